The Morgan fingerprint density at radius 1 is 1.17 bits per heavy atom. The number of hydrogen-bond acceptors (Lipinski definition) is 2. The summed E-state index contributed by atoms with van der Waals surface area (Å²) in [4.78, 5) is 22.6. The number of carbonyl (C=O) groups excluding carboxylic acids is 2. The van der Waals surface area contributed by atoms with E-state index >= 15 is 0 Å². The van der Waals surface area contributed by atoms with Crippen molar-refractivity contribution in [1.29, 1.82) is 0 Å². The van der Waals surface area contributed by atoms with Gasteiger partial charge in [0.1, 0.15) is 0 Å². The molecule has 4 heteroatoms. The lowest BCUT2D eigenvalue weighted by molar-refractivity contribution is -0.128. The summed E-state index contributed by atoms with van der Waals surface area (Å²) < 4.78 is 0. The van der Waals surface area contributed by atoms with Crippen LogP contribution in [0.4, 0.5) is 0 Å². The SMILES string of the molecule is CC(C)C(C)C(=O)NCC(C)(C)C(N)=O.CCC. The van der Waals surface area contributed by atoms with Crippen LogP contribution in [0.5, 0.6) is 0 Å². The van der Waals surface area contributed by atoms with E-state index in [-0.39, 0.29) is 18.4 Å². The van der Waals surface area contributed by atoms with Crippen LogP contribution < -0.4 is 11.1 Å². The van der Waals surface area contributed by atoms with E-state index in [2.05, 4.69) is 19.2 Å². The van der Waals surface area contributed by atoms with Gasteiger partial charge in [-0.25, -0.2) is 0 Å². The summed E-state index contributed by atoms with van der Waals surface area (Å²) in [7, 11) is 0. The molecule has 0 bridgehead atoms. The normalized spacial score (nSPS) is 12.4. The molecule has 2 amide bonds. The van der Waals surface area contributed by atoms with Crippen molar-refractivity contribution in [2.75, 3.05) is 6.54 Å². The molecule has 0 aromatic rings. The highest BCUT2D eigenvalue weighted by Crippen LogP contribution is 2.14. The molecule has 4 nitrogen and oxygen atoms in total. The van der Waals surface area contributed by atoms with Crippen molar-refractivity contribution < 1.29 is 9.59 Å². The summed E-state index contributed by atoms with van der Waals surface area (Å²) in [6, 6.07) is 0. The van der Waals surface area contributed by atoms with E-state index in [9.17, 15) is 9.59 Å². The fourth-order valence-corrected chi connectivity index (χ4v) is 0.859. The minimum Gasteiger partial charge on any atom is -0.369 e. The quantitative estimate of drug-likeness (QED) is 0.794. The maximum absolute atomic E-state index is 11.6. The van der Waals surface area contributed by atoms with Gasteiger partial charge in [0.25, 0.3) is 0 Å². The van der Waals surface area contributed by atoms with Gasteiger partial charge >= 0.3 is 0 Å². The first kappa shape index (κ1) is 19.3. The number of hydrogen-bond donors (Lipinski definition) is 2. The minimum atomic E-state index is -0.688. The number of amides is 2. The first-order valence-electron chi connectivity index (χ1n) is 6.67. The second-order valence-corrected chi connectivity index (χ2v) is 5.71. The molecule has 0 aliphatic heterocycles. The van der Waals surface area contributed by atoms with Gasteiger partial charge in [-0.15, -0.1) is 0 Å². The molecule has 1 unspecified atom stereocenters. The molecule has 18 heavy (non-hydrogen) atoms. The molecule has 1 atom stereocenters. The molecule has 0 aromatic carbocycles. The number of carbonyl (C=O) groups is 2. The van der Waals surface area contributed by atoms with Crippen LogP contribution in [0.2, 0.25) is 0 Å². The number of nitrogens with two attached hydrogens (primary N) is 1. The molecule has 108 valence electrons. The first-order valence-corrected chi connectivity index (χ1v) is 6.67. The van der Waals surface area contributed by atoms with Gasteiger partial charge in [-0.3, -0.25) is 9.59 Å². The predicted molar refractivity (Wildman–Crippen MR) is 76.0 cm³/mol. The van der Waals surface area contributed by atoms with E-state index in [1.807, 2.05) is 20.8 Å². The third-order valence-corrected chi connectivity index (χ3v) is 2.79. The van der Waals surface area contributed by atoms with Crippen LogP contribution in [0.3, 0.4) is 0 Å². The summed E-state index contributed by atoms with van der Waals surface area (Å²) in [6.45, 7) is 13.8. The van der Waals surface area contributed by atoms with Crippen molar-refractivity contribution in [3.63, 3.8) is 0 Å². The summed E-state index contributed by atoms with van der Waals surface area (Å²) >= 11 is 0. The van der Waals surface area contributed by atoms with Crippen molar-refractivity contribution in [2.45, 2.75) is 54.9 Å². The van der Waals surface area contributed by atoms with Crippen LogP contribution in [-0.2, 0) is 9.59 Å². The third-order valence-electron chi connectivity index (χ3n) is 2.79. The van der Waals surface area contributed by atoms with E-state index in [1.165, 1.54) is 6.42 Å². The molecule has 3 N–H and O–H groups in total. The van der Waals surface area contributed by atoms with Gasteiger partial charge in [-0.2, -0.15) is 0 Å². The lowest BCUT2D eigenvalue weighted by Gasteiger charge is -2.23. The van der Waals surface area contributed by atoms with Crippen molar-refractivity contribution in [2.24, 2.45) is 23.0 Å². The number of nitrogens with one attached hydrogen (secondary N) is 1. The van der Waals surface area contributed by atoms with Crippen molar-refractivity contribution in [3.8, 4) is 0 Å². The molecule has 0 rings (SSSR count). The highest BCUT2D eigenvalue weighted by atomic mass is 16.2. The van der Waals surface area contributed by atoms with Crippen LogP contribution in [0.25, 0.3) is 0 Å². The Morgan fingerprint density at radius 3 is 1.83 bits per heavy atom. The Hall–Kier alpha value is -1.06. The number of primary amides is 1. The Morgan fingerprint density at radius 2 is 1.56 bits per heavy atom. The first-order chi connectivity index (χ1) is 8.10. The molecule has 0 saturated heterocycles. The van der Waals surface area contributed by atoms with E-state index in [4.69, 9.17) is 5.73 Å². The van der Waals surface area contributed by atoms with E-state index < -0.39 is 11.3 Å². The van der Waals surface area contributed by atoms with Crippen LogP contribution in [0, 0.1) is 17.3 Å². The summed E-state index contributed by atoms with van der Waals surface area (Å²) in [6.07, 6.45) is 1.25. The molecule has 0 radical (unpaired) electrons. The zero-order chi connectivity index (χ0) is 14.9. The van der Waals surface area contributed by atoms with Crippen LogP contribution in [0.15, 0.2) is 0 Å². The van der Waals surface area contributed by atoms with Crippen LogP contribution in [-0.4, -0.2) is 18.4 Å². The molecule has 0 saturated carbocycles. The molecule has 0 fully saturated rings. The average Bonchev–Trinajstić information content (AvgIpc) is 2.25. The minimum absolute atomic E-state index is 0.0284. The van der Waals surface area contributed by atoms with E-state index in [0.29, 0.717) is 5.92 Å². The predicted octanol–water partition coefficient (Wildman–Crippen LogP) is 2.32. The van der Waals surface area contributed by atoms with E-state index in [0.717, 1.165) is 0 Å². The monoisotopic (exact) mass is 258 g/mol. The van der Waals surface area contributed by atoms with Gasteiger partial charge < -0.3 is 11.1 Å². The molecular formula is C14H30N2O2. The Kier molecular flexibility index (Phi) is 9.59. The molecule has 0 aliphatic carbocycles. The van der Waals surface area contributed by atoms with Crippen LogP contribution in [0.1, 0.15) is 54.9 Å². The van der Waals surface area contributed by atoms with Gasteiger partial charge in [0.05, 0.1) is 5.41 Å². The van der Waals surface area contributed by atoms with E-state index in [1.54, 1.807) is 13.8 Å². The highest BCUT2D eigenvalue weighted by molar-refractivity contribution is 5.82. The summed E-state index contributed by atoms with van der Waals surface area (Å²) in [5, 5.41) is 2.75. The molecule has 0 aromatic heterocycles. The zero-order valence-electron chi connectivity index (χ0n) is 13.0. The zero-order valence-corrected chi connectivity index (χ0v) is 13.0. The van der Waals surface area contributed by atoms with Crippen molar-refractivity contribution in [1.82, 2.24) is 5.32 Å². The average molecular weight is 258 g/mol. The maximum atomic E-state index is 11.6. The smallest absolute Gasteiger partial charge is 0.224 e. The van der Waals surface area contributed by atoms with Gasteiger partial charge in [0.2, 0.25) is 11.8 Å². The second-order valence-electron chi connectivity index (χ2n) is 5.71. The lowest BCUT2D eigenvalue weighted by Crippen LogP contribution is -2.44. The van der Waals surface area contributed by atoms with Gasteiger partial charge in [0.15, 0.2) is 0 Å². The molecule has 0 spiro atoms. The molecule has 0 heterocycles. The fourth-order valence-electron chi connectivity index (χ4n) is 0.859. The topological polar surface area (TPSA) is 72.2 Å². The highest BCUT2D eigenvalue weighted by Gasteiger charge is 2.26. The van der Waals surface area contributed by atoms with Gasteiger partial charge in [-0.1, -0.05) is 41.0 Å². The number of rotatable bonds is 5. The van der Waals surface area contributed by atoms with Crippen LogP contribution >= 0.6 is 0 Å². The largest absolute Gasteiger partial charge is 0.369 e. The van der Waals surface area contributed by atoms with Gasteiger partial charge in [0, 0.05) is 12.5 Å². The second kappa shape index (κ2) is 8.95. The lowest BCUT2D eigenvalue weighted by atomic mass is 9.91. The van der Waals surface area contributed by atoms with Crippen molar-refractivity contribution in [3.05, 3.63) is 0 Å². The summed E-state index contributed by atoms with van der Waals surface area (Å²) in [5.74, 6) is -0.185. The Balaban J connectivity index is 0. The molecule has 0 aliphatic rings. The Labute approximate surface area is 112 Å². The maximum Gasteiger partial charge on any atom is 0.224 e. The molecular weight excluding hydrogens is 228 g/mol. The summed E-state index contributed by atoms with van der Waals surface area (Å²) in [5.41, 5.74) is 4.51. The Bertz CT molecular complexity index is 261. The standard InChI is InChI=1S/C11H22N2O2.C3H8/c1-7(2)8(3)9(14)13-6-11(4,5)10(12)15;1-3-2/h7-8H,6H2,1-5H3,(H2,12,15)(H,13,14);3H2,1-2H3. The van der Waals surface area contributed by atoms with Gasteiger partial charge in [-0.05, 0) is 19.8 Å². The van der Waals surface area contributed by atoms with Crippen molar-refractivity contribution >= 4 is 11.8 Å². The fraction of sp³-hybridized carbons (Fsp3) is 0.857. The third kappa shape index (κ3) is 8.09.